The third kappa shape index (κ3) is 2.20. The lowest BCUT2D eigenvalue weighted by atomic mass is 10.2. The zero-order valence-corrected chi connectivity index (χ0v) is 10.3. The van der Waals surface area contributed by atoms with Crippen molar-refractivity contribution in [1.82, 2.24) is 9.55 Å². The average Bonchev–Trinajstić information content (AvgIpc) is 2.79. The zero-order chi connectivity index (χ0) is 13.1. The second-order valence-corrected chi connectivity index (χ2v) is 4.28. The third-order valence-electron chi connectivity index (χ3n) is 3.04. The first-order valence-corrected chi connectivity index (χ1v) is 6.05. The number of nitrogens with zero attached hydrogens (tertiary/aromatic N) is 3. The van der Waals surface area contributed by atoms with Gasteiger partial charge < -0.3 is 9.77 Å². The average molecular weight is 251 g/mol. The lowest BCUT2D eigenvalue weighted by molar-refractivity contribution is 0.321. The number of rotatable bonds is 3. The van der Waals surface area contributed by atoms with Crippen molar-refractivity contribution in [3.05, 3.63) is 66.0 Å². The Hall–Kier alpha value is -2.62. The summed E-state index contributed by atoms with van der Waals surface area (Å²) in [6, 6.07) is 18.0. The van der Waals surface area contributed by atoms with E-state index >= 15 is 0 Å². The molecule has 4 nitrogen and oxygen atoms in total. The van der Waals surface area contributed by atoms with Crippen LogP contribution in [0.2, 0.25) is 0 Å². The van der Waals surface area contributed by atoms with Crippen LogP contribution in [0.3, 0.4) is 0 Å². The highest BCUT2D eigenvalue weighted by Gasteiger charge is 2.08. The third-order valence-corrected chi connectivity index (χ3v) is 3.04. The standard InChI is InChI=1S/C15H13N3O/c19-16-10-15-17-13-8-4-5-9-14(13)18(15)11-12-6-2-1-3-7-12/h1-10,19H,11H2. The van der Waals surface area contributed by atoms with Crippen molar-refractivity contribution in [3.63, 3.8) is 0 Å². The molecule has 1 aromatic heterocycles. The molecule has 0 aliphatic rings. The van der Waals surface area contributed by atoms with E-state index in [9.17, 15) is 0 Å². The van der Waals surface area contributed by atoms with Gasteiger partial charge in [-0.3, -0.25) is 0 Å². The van der Waals surface area contributed by atoms with E-state index in [4.69, 9.17) is 5.21 Å². The maximum Gasteiger partial charge on any atom is 0.156 e. The first-order valence-electron chi connectivity index (χ1n) is 6.05. The van der Waals surface area contributed by atoms with Crippen LogP contribution in [0.5, 0.6) is 0 Å². The number of hydrogen-bond donors (Lipinski definition) is 1. The van der Waals surface area contributed by atoms with Crippen LogP contribution in [0.4, 0.5) is 0 Å². The minimum absolute atomic E-state index is 0.646. The zero-order valence-electron chi connectivity index (χ0n) is 10.3. The Morgan fingerprint density at radius 2 is 1.79 bits per heavy atom. The number of oxime groups is 1. The van der Waals surface area contributed by atoms with Gasteiger partial charge in [0.2, 0.25) is 0 Å². The Balaban J connectivity index is 2.12. The molecule has 3 rings (SSSR count). The second-order valence-electron chi connectivity index (χ2n) is 4.28. The summed E-state index contributed by atoms with van der Waals surface area (Å²) in [5, 5.41) is 11.8. The molecular weight excluding hydrogens is 238 g/mol. The molecule has 3 aromatic rings. The Bertz CT molecular complexity index is 717. The van der Waals surface area contributed by atoms with Crippen LogP contribution in [0.1, 0.15) is 11.4 Å². The fourth-order valence-electron chi connectivity index (χ4n) is 2.18. The Labute approximate surface area is 110 Å². The minimum Gasteiger partial charge on any atom is -0.411 e. The highest BCUT2D eigenvalue weighted by molar-refractivity contribution is 5.84. The number of para-hydroxylation sites is 2. The second kappa shape index (κ2) is 4.94. The van der Waals surface area contributed by atoms with Crippen molar-refractivity contribution >= 4 is 17.2 Å². The van der Waals surface area contributed by atoms with Gasteiger partial charge in [-0.25, -0.2) is 4.98 Å². The summed E-state index contributed by atoms with van der Waals surface area (Å²) >= 11 is 0. The van der Waals surface area contributed by atoms with E-state index in [1.165, 1.54) is 11.8 Å². The molecule has 0 saturated heterocycles. The van der Waals surface area contributed by atoms with Crippen molar-refractivity contribution in [2.45, 2.75) is 6.54 Å². The quantitative estimate of drug-likeness (QED) is 0.442. The van der Waals surface area contributed by atoms with E-state index < -0.39 is 0 Å². The summed E-state index contributed by atoms with van der Waals surface area (Å²) in [5.74, 6) is 0.646. The molecule has 0 aliphatic carbocycles. The Morgan fingerprint density at radius 3 is 2.58 bits per heavy atom. The number of imidazole rings is 1. The molecule has 0 fully saturated rings. The molecule has 1 N–H and O–H groups in total. The first-order chi connectivity index (χ1) is 9.38. The lowest BCUT2D eigenvalue weighted by Crippen LogP contribution is -2.04. The number of fused-ring (bicyclic) bond motifs is 1. The Kier molecular flexibility index (Phi) is 2.98. The van der Waals surface area contributed by atoms with Crippen LogP contribution in [-0.2, 0) is 6.54 Å². The highest BCUT2D eigenvalue weighted by atomic mass is 16.4. The van der Waals surface area contributed by atoms with Crippen molar-refractivity contribution in [1.29, 1.82) is 0 Å². The van der Waals surface area contributed by atoms with Crippen molar-refractivity contribution < 1.29 is 5.21 Å². The van der Waals surface area contributed by atoms with Gasteiger partial charge in [0.1, 0.15) is 6.21 Å². The molecular formula is C15H13N3O. The summed E-state index contributed by atoms with van der Waals surface area (Å²) < 4.78 is 2.03. The number of aromatic nitrogens is 2. The van der Waals surface area contributed by atoms with Gasteiger partial charge in [0.25, 0.3) is 0 Å². The summed E-state index contributed by atoms with van der Waals surface area (Å²) in [6.45, 7) is 0.697. The maximum absolute atomic E-state index is 8.75. The van der Waals surface area contributed by atoms with Crippen LogP contribution in [0.25, 0.3) is 11.0 Å². The molecule has 0 aliphatic heterocycles. The van der Waals surface area contributed by atoms with Crippen LogP contribution in [0, 0.1) is 0 Å². The van der Waals surface area contributed by atoms with Crippen LogP contribution in [-0.4, -0.2) is 21.0 Å². The molecule has 1 heterocycles. The highest BCUT2D eigenvalue weighted by Crippen LogP contribution is 2.17. The molecule has 0 unspecified atom stereocenters. The van der Waals surface area contributed by atoms with Gasteiger partial charge >= 0.3 is 0 Å². The van der Waals surface area contributed by atoms with Crippen molar-refractivity contribution in [2.24, 2.45) is 5.16 Å². The van der Waals surface area contributed by atoms with Gasteiger partial charge in [0.05, 0.1) is 11.0 Å². The van der Waals surface area contributed by atoms with Gasteiger partial charge in [0, 0.05) is 6.54 Å². The van der Waals surface area contributed by atoms with Gasteiger partial charge in [0.15, 0.2) is 5.82 Å². The van der Waals surface area contributed by atoms with Crippen molar-refractivity contribution in [3.8, 4) is 0 Å². The Morgan fingerprint density at radius 1 is 1.05 bits per heavy atom. The topological polar surface area (TPSA) is 50.4 Å². The lowest BCUT2D eigenvalue weighted by Gasteiger charge is -2.06. The molecule has 0 spiro atoms. The molecule has 0 radical (unpaired) electrons. The van der Waals surface area contributed by atoms with E-state index in [2.05, 4.69) is 22.3 Å². The summed E-state index contributed by atoms with van der Waals surface area (Å²) in [6.07, 6.45) is 1.36. The fraction of sp³-hybridized carbons (Fsp3) is 0.0667. The van der Waals surface area contributed by atoms with E-state index in [0.29, 0.717) is 12.4 Å². The van der Waals surface area contributed by atoms with Crippen LogP contribution in [0.15, 0.2) is 59.8 Å². The van der Waals surface area contributed by atoms with E-state index in [0.717, 1.165) is 11.0 Å². The number of hydrogen-bond acceptors (Lipinski definition) is 3. The molecule has 19 heavy (non-hydrogen) atoms. The van der Waals surface area contributed by atoms with Crippen molar-refractivity contribution in [2.75, 3.05) is 0 Å². The summed E-state index contributed by atoms with van der Waals surface area (Å²) in [5.41, 5.74) is 3.10. The SMILES string of the molecule is ON=Cc1nc2ccccc2n1Cc1ccccc1. The first kappa shape index (κ1) is 11.5. The normalized spacial score (nSPS) is 11.4. The summed E-state index contributed by atoms with van der Waals surface area (Å²) in [7, 11) is 0. The van der Waals surface area contributed by atoms with Gasteiger partial charge in [-0.05, 0) is 17.7 Å². The van der Waals surface area contributed by atoms with Gasteiger partial charge in [-0.2, -0.15) is 0 Å². The van der Waals surface area contributed by atoms with E-state index in [-0.39, 0.29) is 0 Å². The number of benzene rings is 2. The van der Waals surface area contributed by atoms with Gasteiger partial charge in [-0.15, -0.1) is 0 Å². The predicted octanol–water partition coefficient (Wildman–Crippen LogP) is 2.89. The van der Waals surface area contributed by atoms with Crippen LogP contribution < -0.4 is 0 Å². The smallest absolute Gasteiger partial charge is 0.156 e. The largest absolute Gasteiger partial charge is 0.411 e. The monoisotopic (exact) mass is 251 g/mol. The molecule has 4 heteroatoms. The minimum atomic E-state index is 0.646. The molecule has 2 aromatic carbocycles. The van der Waals surface area contributed by atoms with E-state index in [1.807, 2.05) is 47.0 Å². The molecule has 0 bridgehead atoms. The predicted molar refractivity (Wildman–Crippen MR) is 74.7 cm³/mol. The van der Waals surface area contributed by atoms with Crippen LogP contribution >= 0.6 is 0 Å². The molecule has 94 valence electrons. The van der Waals surface area contributed by atoms with Gasteiger partial charge in [-0.1, -0.05) is 47.6 Å². The van der Waals surface area contributed by atoms with E-state index in [1.54, 1.807) is 0 Å². The molecule has 0 atom stereocenters. The molecule has 0 saturated carbocycles. The maximum atomic E-state index is 8.75. The molecule has 0 amide bonds. The summed E-state index contributed by atoms with van der Waals surface area (Å²) in [4.78, 5) is 4.45. The fourth-order valence-corrected chi connectivity index (χ4v) is 2.18.